The van der Waals surface area contributed by atoms with Crippen molar-refractivity contribution in [3.63, 3.8) is 0 Å². The van der Waals surface area contributed by atoms with E-state index in [-0.39, 0.29) is 28.5 Å². The number of rotatable bonds is 4. The first-order valence-electron chi connectivity index (χ1n) is 10.7. The first kappa shape index (κ1) is 22.3. The summed E-state index contributed by atoms with van der Waals surface area (Å²) in [4.78, 5) is 61.6. The Morgan fingerprint density at radius 2 is 1.73 bits per heavy atom. The van der Waals surface area contributed by atoms with Crippen molar-refractivity contribution in [3.05, 3.63) is 68.0 Å². The lowest BCUT2D eigenvalue weighted by Gasteiger charge is -2.35. The van der Waals surface area contributed by atoms with Gasteiger partial charge in [0, 0.05) is 26.2 Å². The minimum absolute atomic E-state index is 0.0723. The van der Waals surface area contributed by atoms with Gasteiger partial charge in [0.2, 0.25) is 0 Å². The van der Waals surface area contributed by atoms with Crippen LogP contribution in [0.25, 0.3) is 11.0 Å². The van der Waals surface area contributed by atoms with Gasteiger partial charge in [0.1, 0.15) is 17.1 Å². The molecule has 1 aliphatic heterocycles. The second-order valence-electron chi connectivity index (χ2n) is 8.15. The van der Waals surface area contributed by atoms with Gasteiger partial charge in [0.05, 0.1) is 5.39 Å². The summed E-state index contributed by atoms with van der Waals surface area (Å²) in [5.41, 5.74) is 0.562. The van der Waals surface area contributed by atoms with Crippen molar-refractivity contribution in [1.29, 1.82) is 0 Å². The average Bonchev–Trinajstić information content (AvgIpc) is 2.77. The molecule has 2 amide bonds. The van der Waals surface area contributed by atoms with E-state index >= 15 is 0 Å². The maximum absolute atomic E-state index is 13.0. The van der Waals surface area contributed by atoms with E-state index < -0.39 is 17.4 Å². The van der Waals surface area contributed by atoms with Crippen LogP contribution < -0.4 is 16.0 Å². The third-order valence-corrected chi connectivity index (χ3v) is 5.65. The van der Waals surface area contributed by atoms with E-state index in [0.717, 1.165) is 5.56 Å². The fourth-order valence-electron chi connectivity index (χ4n) is 3.96. The summed E-state index contributed by atoms with van der Waals surface area (Å²) in [7, 11) is 0. The number of benzene rings is 1. The van der Waals surface area contributed by atoms with E-state index in [1.54, 1.807) is 23.6 Å². The highest BCUT2D eigenvalue weighted by Gasteiger charge is 2.29. The van der Waals surface area contributed by atoms with Crippen LogP contribution in [0.3, 0.4) is 0 Å². The van der Waals surface area contributed by atoms with Crippen molar-refractivity contribution in [1.82, 2.24) is 24.8 Å². The Morgan fingerprint density at radius 1 is 1.03 bits per heavy atom. The fourth-order valence-corrected chi connectivity index (χ4v) is 3.96. The summed E-state index contributed by atoms with van der Waals surface area (Å²) in [6.07, 6.45) is -0.645. The van der Waals surface area contributed by atoms with Gasteiger partial charge in [0.15, 0.2) is 6.10 Å². The van der Waals surface area contributed by atoms with Gasteiger partial charge >= 0.3 is 5.69 Å². The highest BCUT2D eigenvalue weighted by Crippen LogP contribution is 2.17. The SMILES string of the molecule is Cc1cccc(OC(C)C(=O)N2CCN(C(=O)c3cc(C)c4c(=O)[nH]c(=O)[nH]c4n3)CC2)c1. The topological polar surface area (TPSA) is 128 Å². The molecule has 0 radical (unpaired) electrons. The van der Waals surface area contributed by atoms with Gasteiger partial charge in [0.25, 0.3) is 17.4 Å². The minimum Gasteiger partial charge on any atom is -0.481 e. The average molecular weight is 451 g/mol. The van der Waals surface area contributed by atoms with Crippen LogP contribution in [0.2, 0.25) is 0 Å². The molecule has 3 heterocycles. The van der Waals surface area contributed by atoms with Crippen molar-refractivity contribution in [2.75, 3.05) is 26.2 Å². The zero-order valence-corrected chi connectivity index (χ0v) is 18.7. The summed E-state index contributed by atoms with van der Waals surface area (Å²) in [5.74, 6) is 0.177. The van der Waals surface area contributed by atoms with Crippen LogP contribution >= 0.6 is 0 Å². The smallest absolute Gasteiger partial charge is 0.327 e. The number of aromatic nitrogens is 3. The number of ether oxygens (including phenoxy) is 1. The molecular weight excluding hydrogens is 426 g/mol. The molecule has 172 valence electrons. The molecule has 1 unspecified atom stereocenters. The van der Waals surface area contributed by atoms with Crippen LogP contribution in [0.5, 0.6) is 5.75 Å². The zero-order valence-electron chi connectivity index (χ0n) is 18.7. The Hall–Kier alpha value is -3.95. The number of H-pyrrole nitrogens is 2. The molecule has 0 saturated carbocycles. The number of amides is 2. The molecule has 0 spiro atoms. The molecule has 1 fully saturated rings. The quantitative estimate of drug-likeness (QED) is 0.609. The number of carbonyl (C=O) groups excluding carboxylic acids is 2. The molecule has 0 aliphatic carbocycles. The van der Waals surface area contributed by atoms with Crippen LogP contribution in [0.4, 0.5) is 0 Å². The van der Waals surface area contributed by atoms with E-state index in [1.165, 1.54) is 6.07 Å². The number of aromatic amines is 2. The van der Waals surface area contributed by atoms with Crippen LogP contribution in [-0.4, -0.2) is 68.8 Å². The predicted molar refractivity (Wildman–Crippen MR) is 121 cm³/mol. The predicted octanol–water partition coefficient (Wildman–Crippen LogP) is 0.980. The number of carbonyl (C=O) groups is 2. The highest BCUT2D eigenvalue weighted by molar-refractivity contribution is 5.95. The Bertz CT molecular complexity index is 1340. The number of hydrogen-bond donors (Lipinski definition) is 2. The first-order chi connectivity index (χ1) is 15.7. The Morgan fingerprint density at radius 3 is 2.42 bits per heavy atom. The number of pyridine rings is 1. The van der Waals surface area contributed by atoms with Crippen molar-refractivity contribution in [2.24, 2.45) is 0 Å². The van der Waals surface area contributed by atoms with Gasteiger partial charge in [-0.3, -0.25) is 24.4 Å². The standard InChI is InChI=1S/C23H25N5O5/c1-13-5-4-6-16(11-13)33-15(3)21(30)27-7-9-28(10-8-27)22(31)17-12-14(2)18-19(24-17)25-23(32)26-20(18)29/h4-6,11-12,15H,7-10H2,1-3H3,(H2,24,25,26,29,32). The van der Waals surface area contributed by atoms with E-state index in [4.69, 9.17) is 4.74 Å². The maximum Gasteiger partial charge on any atom is 0.327 e. The monoisotopic (exact) mass is 451 g/mol. The van der Waals surface area contributed by atoms with Crippen LogP contribution in [0, 0.1) is 13.8 Å². The first-order valence-corrected chi connectivity index (χ1v) is 10.7. The summed E-state index contributed by atoms with van der Waals surface area (Å²) in [6.45, 7) is 6.77. The van der Waals surface area contributed by atoms with Crippen molar-refractivity contribution < 1.29 is 14.3 Å². The molecule has 10 nitrogen and oxygen atoms in total. The van der Waals surface area contributed by atoms with Crippen LogP contribution in [0.15, 0.2) is 39.9 Å². The lowest BCUT2D eigenvalue weighted by molar-refractivity contribution is -0.139. The van der Waals surface area contributed by atoms with Gasteiger partial charge in [-0.25, -0.2) is 9.78 Å². The van der Waals surface area contributed by atoms with E-state index in [1.807, 2.05) is 31.2 Å². The summed E-state index contributed by atoms with van der Waals surface area (Å²) < 4.78 is 5.79. The molecule has 2 aromatic heterocycles. The number of aryl methyl sites for hydroxylation is 2. The Balaban J connectivity index is 1.42. The lowest BCUT2D eigenvalue weighted by atomic mass is 10.1. The Kier molecular flexibility index (Phi) is 5.99. The molecule has 4 rings (SSSR count). The van der Waals surface area contributed by atoms with E-state index in [9.17, 15) is 19.2 Å². The minimum atomic E-state index is -0.682. The molecule has 1 atom stereocenters. The molecule has 1 aliphatic rings. The van der Waals surface area contributed by atoms with Crippen LogP contribution in [0.1, 0.15) is 28.5 Å². The molecule has 33 heavy (non-hydrogen) atoms. The van der Waals surface area contributed by atoms with Crippen LogP contribution in [-0.2, 0) is 4.79 Å². The normalized spacial score (nSPS) is 14.9. The number of hydrogen-bond acceptors (Lipinski definition) is 6. The van der Waals surface area contributed by atoms with Crippen molar-refractivity contribution >= 4 is 22.8 Å². The molecule has 2 N–H and O–H groups in total. The van der Waals surface area contributed by atoms with Crippen molar-refractivity contribution in [2.45, 2.75) is 26.9 Å². The highest BCUT2D eigenvalue weighted by atomic mass is 16.5. The van der Waals surface area contributed by atoms with E-state index in [2.05, 4.69) is 15.0 Å². The van der Waals surface area contributed by atoms with Gasteiger partial charge in [-0.05, 0) is 50.1 Å². The van der Waals surface area contributed by atoms with Gasteiger partial charge in [-0.2, -0.15) is 0 Å². The molecule has 0 bridgehead atoms. The zero-order chi connectivity index (χ0) is 23.7. The van der Waals surface area contributed by atoms with Crippen molar-refractivity contribution in [3.8, 4) is 5.75 Å². The summed E-state index contributed by atoms with van der Waals surface area (Å²) in [5, 5.41) is 0.240. The largest absolute Gasteiger partial charge is 0.481 e. The van der Waals surface area contributed by atoms with Gasteiger partial charge in [-0.15, -0.1) is 0 Å². The number of nitrogens with zero attached hydrogens (tertiary/aromatic N) is 3. The third-order valence-electron chi connectivity index (χ3n) is 5.65. The summed E-state index contributed by atoms with van der Waals surface area (Å²) in [6, 6.07) is 9.05. The second kappa shape index (κ2) is 8.89. The molecule has 10 heteroatoms. The van der Waals surface area contributed by atoms with Gasteiger partial charge < -0.3 is 14.5 Å². The molecule has 3 aromatic rings. The lowest BCUT2D eigenvalue weighted by Crippen LogP contribution is -2.53. The summed E-state index contributed by atoms with van der Waals surface area (Å²) >= 11 is 0. The molecular formula is C23H25N5O5. The molecule has 1 aromatic carbocycles. The number of nitrogens with one attached hydrogen (secondary N) is 2. The number of fused-ring (bicyclic) bond motifs is 1. The van der Waals surface area contributed by atoms with E-state index in [0.29, 0.717) is 37.5 Å². The maximum atomic E-state index is 13.0. The molecule has 1 saturated heterocycles. The Labute approximate surface area is 189 Å². The fraction of sp³-hybridized carbons (Fsp3) is 0.348. The second-order valence-corrected chi connectivity index (χ2v) is 8.15. The van der Waals surface area contributed by atoms with Gasteiger partial charge in [-0.1, -0.05) is 12.1 Å². The number of piperazine rings is 1. The third kappa shape index (κ3) is 4.64.